The topological polar surface area (TPSA) is 50.4 Å². The van der Waals surface area contributed by atoms with Gasteiger partial charge in [0.2, 0.25) is 5.91 Å². The molecule has 150 valence electrons. The van der Waals surface area contributed by atoms with E-state index in [1.54, 1.807) is 13.2 Å². The first kappa shape index (κ1) is 20.6. The number of anilines is 1. The van der Waals surface area contributed by atoms with Crippen molar-refractivity contribution in [3.63, 3.8) is 0 Å². The number of ether oxygens (including phenoxy) is 1. The molecule has 1 atom stereocenters. The van der Waals surface area contributed by atoms with Crippen LogP contribution in [-0.4, -0.2) is 19.6 Å². The number of amides is 1. The molecule has 1 amide bonds. The Morgan fingerprint density at radius 1 is 1.03 bits per heavy atom. The van der Waals surface area contributed by atoms with Gasteiger partial charge >= 0.3 is 0 Å². The Hall–Kier alpha value is -3.18. The average molecular weight is 392 g/mol. The molecule has 0 aliphatic heterocycles. The van der Waals surface area contributed by atoms with E-state index < -0.39 is 6.04 Å². The van der Waals surface area contributed by atoms with Crippen LogP contribution in [0.1, 0.15) is 22.7 Å². The second-order valence-corrected chi connectivity index (χ2v) is 6.87. The summed E-state index contributed by atoms with van der Waals surface area (Å²) < 4.78 is 18.8. The minimum absolute atomic E-state index is 0.181. The SMILES string of the molecule is COc1ccc(C)cc1NC(=O)C(NCCc1cccc(F)c1)c1ccccc1. The molecular formula is C24H25FN2O2. The predicted molar refractivity (Wildman–Crippen MR) is 114 cm³/mol. The summed E-state index contributed by atoms with van der Waals surface area (Å²) >= 11 is 0. The number of rotatable bonds is 8. The Morgan fingerprint density at radius 3 is 2.55 bits per heavy atom. The molecule has 3 rings (SSSR count). The van der Waals surface area contributed by atoms with E-state index in [0.29, 0.717) is 24.4 Å². The predicted octanol–water partition coefficient (Wildman–Crippen LogP) is 4.65. The third-order valence-corrected chi connectivity index (χ3v) is 4.66. The molecule has 29 heavy (non-hydrogen) atoms. The number of benzene rings is 3. The van der Waals surface area contributed by atoms with E-state index in [0.717, 1.165) is 16.7 Å². The quantitative estimate of drug-likeness (QED) is 0.586. The van der Waals surface area contributed by atoms with Crippen LogP contribution in [0.3, 0.4) is 0 Å². The lowest BCUT2D eigenvalue weighted by Crippen LogP contribution is -2.34. The lowest BCUT2D eigenvalue weighted by atomic mass is 10.0. The van der Waals surface area contributed by atoms with Crippen molar-refractivity contribution in [2.75, 3.05) is 19.0 Å². The highest BCUT2D eigenvalue weighted by atomic mass is 19.1. The van der Waals surface area contributed by atoms with E-state index in [1.807, 2.05) is 61.5 Å². The maximum atomic E-state index is 13.4. The third kappa shape index (κ3) is 5.65. The van der Waals surface area contributed by atoms with Crippen LogP contribution in [0.5, 0.6) is 5.75 Å². The van der Waals surface area contributed by atoms with Gasteiger partial charge in [0.25, 0.3) is 0 Å². The van der Waals surface area contributed by atoms with Gasteiger partial charge in [0.1, 0.15) is 17.6 Å². The fraction of sp³-hybridized carbons (Fsp3) is 0.208. The summed E-state index contributed by atoms with van der Waals surface area (Å²) in [4.78, 5) is 13.1. The Balaban J connectivity index is 1.75. The monoisotopic (exact) mass is 392 g/mol. The van der Waals surface area contributed by atoms with Crippen molar-refractivity contribution in [3.8, 4) is 5.75 Å². The molecule has 2 N–H and O–H groups in total. The van der Waals surface area contributed by atoms with Crippen LogP contribution in [0.15, 0.2) is 72.8 Å². The average Bonchev–Trinajstić information content (AvgIpc) is 2.72. The first-order chi connectivity index (χ1) is 14.1. The molecule has 0 aliphatic carbocycles. The highest BCUT2D eigenvalue weighted by Crippen LogP contribution is 2.26. The van der Waals surface area contributed by atoms with Gasteiger partial charge in [-0.2, -0.15) is 0 Å². The standard InChI is InChI=1S/C24H25FN2O2/c1-17-11-12-22(29-2)21(15-17)27-24(28)23(19-8-4-3-5-9-19)26-14-13-18-7-6-10-20(25)16-18/h3-12,15-16,23,26H,13-14H2,1-2H3,(H,27,28). The molecular weight excluding hydrogens is 367 g/mol. The molecule has 0 heterocycles. The van der Waals surface area contributed by atoms with E-state index >= 15 is 0 Å². The third-order valence-electron chi connectivity index (χ3n) is 4.66. The smallest absolute Gasteiger partial charge is 0.246 e. The zero-order valence-corrected chi connectivity index (χ0v) is 16.6. The zero-order chi connectivity index (χ0) is 20.6. The molecule has 0 fully saturated rings. The lowest BCUT2D eigenvalue weighted by molar-refractivity contribution is -0.118. The maximum Gasteiger partial charge on any atom is 0.246 e. The van der Waals surface area contributed by atoms with Crippen LogP contribution >= 0.6 is 0 Å². The van der Waals surface area contributed by atoms with E-state index in [4.69, 9.17) is 4.74 Å². The Bertz CT molecular complexity index is 960. The Morgan fingerprint density at radius 2 is 1.83 bits per heavy atom. The fourth-order valence-electron chi connectivity index (χ4n) is 3.19. The van der Waals surface area contributed by atoms with Gasteiger partial charge in [-0.3, -0.25) is 4.79 Å². The largest absolute Gasteiger partial charge is 0.495 e. The number of hydrogen-bond donors (Lipinski definition) is 2. The second kappa shape index (κ2) is 9.85. The van der Waals surface area contributed by atoms with Crippen LogP contribution < -0.4 is 15.4 Å². The summed E-state index contributed by atoms with van der Waals surface area (Å²) in [5, 5.41) is 6.27. The van der Waals surface area contributed by atoms with Gasteiger partial charge < -0.3 is 15.4 Å². The van der Waals surface area contributed by atoms with Gasteiger partial charge in [-0.05, 0) is 54.3 Å². The number of methoxy groups -OCH3 is 1. The molecule has 0 bridgehead atoms. The van der Waals surface area contributed by atoms with Crippen molar-refractivity contribution in [2.45, 2.75) is 19.4 Å². The normalized spacial score (nSPS) is 11.7. The number of nitrogens with one attached hydrogen (secondary N) is 2. The molecule has 0 saturated carbocycles. The first-order valence-corrected chi connectivity index (χ1v) is 9.55. The van der Waals surface area contributed by atoms with E-state index in [1.165, 1.54) is 12.1 Å². The molecule has 3 aromatic rings. The number of halogens is 1. The van der Waals surface area contributed by atoms with Crippen molar-refractivity contribution in [1.82, 2.24) is 5.32 Å². The first-order valence-electron chi connectivity index (χ1n) is 9.55. The minimum Gasteiger partial charge on any atom is -0.495 e. The van der Waals surface area contributed by atoms with Crippen molar-refractivity contribution in [3.05, 3.63) is 95.3 Å². The molecule has 0 aliphatic rings. The van der Waals surface area contributed by atoms with Crippen molar-refractivity contribution in [1.29, 1.82) is 0 Å². The van der Waals surface area contributed by atoms with Gasteiger partial charge in [0.15, 0.2) is 0 Å². The number of carbonyl (C=O) groups is 1. The van der Waals surface area contributed by atoms with Crippen molar-refractivity contribution in [2.24, 2.45) is 0 Å². The molecule has 1 unspecified atom stereocenters. The molecule has 3 aromatic carbocycles. The zero-order valence-electron chi connectivity index (χ0n) is 16.6. The Labute approximate surface area is 170 Å². The Kier molecular flexibility index (Phi) is 6.98. The van der Waals surface area contributed by atoms with Gasteiger partial charge in [-0.25, -0.2) is 4.39 Å². The summed E-state index contributed by atoms with van der Waals surface area (Å²) in [6.45, 7) is 2.49. The van der Waals surface area contributed by atoms with Crippen LogP contribution in [0.2, 0.25) is 0 Å². The second-order valence-electron chi connectivity index (χ2n) is 6.87. The highest BCUT2D eigenvalue weighted by Gasteiger charge is 2.21. The number of hydrogen-bond acceptors (Lipinski definition) is 3. The lowest BCUT2D eigenvalue weighted by Gasteiger charge is -2.20. The van der Waals surface area contributed by atoms with Gasteiger partial charge in [-0.1, -0.05) is 48.5 Å². The highest BCUT2D eigenvalue weighted by molar-refractivity contribution is 5.96. The maximum absolute atomic E-state index is 13.4. The van der Waals surface area contributed by atoms with E-state index in [9.17, 15) is 9.18 Å². The summed E-state index contributed by atoms with van der Waals surface area (Å²) in [6.07, 6.45) is 0.613. The summed E-state index contributed by atoms with van der Waals surface area (Å²) in [5.41, 5.74) is 3.39. The molecule has 0 spiro atoms. The molecule has 0 radical (unpaired) electrons. The molecule has 4 nitrogen and oxygen atoms in total. The summed E-state index contributed by atoms with van der Waals surface area (Å²) in [6, 6.07) is 21.1. The van der Waals surface area contributed by atoms with Crippen molar-refractivity contribution < 1.29 is 13.9 Å². The molecule has 0 aromatic heterocycles. The number of aryl methyl sites for hydroxylation is 1. The van der Waals surface area contributed by atoms with E-state index in [2.05, 4.69) is 10.6 Å². The van der Waals surface area contributed by atoms with Gasteiger partial charge in [0.05, 0.1) is 12.8 Å². The molecule has 5 heteroatoms. The van der Waals surface area contributed by atoms with Crippen LogP contribution in [-0.2, 0) is 11.2 Å². The number of carbonyl (C=O) groups excluding carboxylic acids is 1. The summed E-state index contributed by atoms with van der Waals surface area (Å²) in [7, 11) is 1.58. The molecule has 0 saturated heterocycles. The van der Waals surface area contributed by atoms with Crippen LogP contribution in [0.25, 0.3) is 0 Å². The fourth-order valence-corrected chi connectivity index (χ4v) is 3.19. The van der Waals surface area contributed by atoms with Gasteiger partial charge in [0, 0.05) is 6.54 Å². The van der Waals surface area contributed by atoms with Crippen LogP contribution in [0.4, 0.5) is 10.1 Å². The summed E-state index contributed by atoms with van der Waals surface area (Å²) in [5.74, 6) is 0.168. The van der Waals surface area contributed by atoms with E-state index in [-0.39, 0.29) is 11.7 Å². The minimum atomic E-state index is -0.546. The van der Waals surface area contributed by atoms with Crippen molar-refractivity contribution >= 4 is 11.6 Å². The van der Waals surface area contributed by atoms with Gasteiger partial charge in [-0.15, -0.1) is 0 Å². The van der Waals surface area contributed by atoms with Crippen LogP contribution in [0, 0.1) is 12.7 Å².